The molecule has 3 aromatic heterocycles. The second kappa shape index (κ2) is 16.7. The van der Waals surface area contributed by atoms with Crippen LogP contribution in [-0.4, -0.2) is 69.2 Å². The first-order chi connectivity index (χ1) is 25.9. The fourth-order valence-corrected chi connectivity index (χ4v) is 7.05. The van der Waals surface area contributed by atoms with Gasteiger partial charge in [0.2, 0.25) is 17.7 Å². The van der Waals surface area contributed by atoms with Crippen LogP contribution in [0.25, 0.3) is 44.7 Å². The van der Waals surface area contributed by atoms with E-state index in [4.69, 9.17) is 42.6 Å². The number of aromatic nitrogens is 6. The Morgan fingerprint density at radius 2 is 1.38 bits per heavy atom. The molecule has 53 heavy (non-hydrogen) atoms. The number of methoxy groups -OCH3 is 2. The highest BCUT2D eigenvalue weighted by atomic mass is 35.5. The highest BCUT2D eigenvalue weighted by Crippen LogP contribution is 2.42. The van der Waals surface area contributed by atoms with Crippen LogP contribution in [0.5, 0.6) is 11.8 Å². The number of ether oxygens (including phenoxy) is 2. The number of nitrogens with one attached hydrogen (secondary N) is 4. The first-order valence-corrected chi connectivity index (χ1v) is 18.2. The Balaban J connectivity index is 1.03. The van der Waals surface area contributed by atoms with Crippen LogP contribution in [-0.2, 0) is 24.3 Å². The maximum absolute atomic E-state index is 11.5. The van der Waals surface area contributed by atoms with E-state index in [0.29, 0.717) is 81.8 Å². The molecule has 12 nitrogen and oxygen atoms in total. The van der Waals surface area contributed by atoms with Crippen molar-refractivity contribution in [3.05, 3.63) is 100 Å². The average molecular weight is 753 g/mol. The lowest BCUT2D eigenvalue weighted by molar-refractivity contribution is -0.119. The van der Waals surface area contributed by atoms with Crippen molar-refractivity contribution in [3.8, 4) is 45.4 Å². The predicted molar refractivity (Wildman–Crippen MR) is 206 cm³/mol. The molecule has 0 radical (unpaired) electrons. The van der Waals surface area contributed by atoms with E-state index in [1.165, 1.54) is 0 Å². The molecular formula is C39H39Cl2N9O3. The van der Waals surface area contributed by atoms with E-state index in [2.05, 4.69) is 35.9 Å². The zero-order valence-electron chi connectivity index (χ0n) is 29.4. The number of rotatable bonds is 15. The number of benzene rings is 3. The van der Waals surface area contributed by atoms with Gasteiger partial charge in [0.25, 0.3) is 0 Å². The summed E-state index contributed by atoms with van der Waals surface area (Å²) < 4.78 is 11.2. The fraction of sp³-hybridized carbons (Fsp3) is 0.282. The first kappa shape index (κ1) is 36.2. The molecule has 1 aliphatic heterocycles. The van der Waals surface area contributed by atoms with Crippen molar-refractivity contribution in [1.29, 1.82) is 0 Å². The number of aromatic amines is 1. The van der Waals surface area contributed by atoms with E-state index < -0.39 is 0 Å². The van der Waals surface area contributed by atoms with Gasteiger partial charge in [0.1, 0.15) is 17.2 Å². The zero-order valence-corrected chi connectivity index (χ0v) is 30.9. The minimum Gasteiger partial charge on any atom is -0.480 e. The summed E-state index contributed by atoms with van der Waals surface area (Å²) in [6.45, 7) is 2.35. The number of nitrogens with zero attached hydrogens (tertiary/aromatic N) is 5. The third-order valence-electron chi connectivity index (χ3n) is 9.12. The number of hydrogen-bond donors (Lipinski definition) is 4. The van der Waals surface area contributed by atoms with Crippen molar-refractivity contribution in [2.45, 2.75) is 44.8 Å². The summed E-state index contributed by atoms with van der Waals surface area (Å²) in [4.78, 5) is 38.4. The minimum atomic E-state index is 0.0835. The third kappa shape index (κ3) is 8.26. The summed E-state index contributed by atoms with van der Waals surface area (Å²) in [5.74, 6) is 1.87. The van der Waals surface area contributed by atoms with Gasteiger partial charge in [0.05, 0.1) is 59.1 Å². The maximum atomic E-state index is 11.5. The fourth-order valence-electron chi connectivity index (χ4n) is 6.41. The van der Waals surface area contributed by atoms with E-state index in [-0.39, 0.29) is 11.9 Å². The SMILES string of the molecule is COc1nc(-c2cccc(-c3cccc(-c4cnc(CNC[C@@H]5CCC(=O)N5)c(OC)n4)c3Cl)c2Cl)cnc1CNCCCc1nc2ccccc2[nH]1. The van der Waals surface area contributed by atoms with Gasteiger partial charge in [-0.2, -0.15) is 0 Å². The molecule has 1 aliphatic rings. The topological polar surface area (TPSA) is 152 Å². The smallest absolute Gasteiger partial charge is 0.237 e. The van der Waals surface area contributed by atoms with E-state index in [9.17, 15) is 4.79 Å². The van der Waals surface area contributed by atoms with Gasteiger partial charge in [-0.1, -0.05) is 71.7 Å². The van der Waals surface area contributed by atoms with Crippen molar-refractivity contribution in [1.82, 2.24) is 45.9 Å². The minimum absolute atomic E-state index is 0.0835. The molecule has 1 amide bonds. The summed E-state index contributed by atoms with van der Waals surface area (Å²) in [7, 11) is 3.14. The highest BCUT2D eigenvalue weighted by molar-refractivity contribution is 6.39. The second-order valence-electron chi connectivity index (χ2n) is 12.7. The molecular weight excluding hydrogens is 713 g/mol. The van der Waals surface area contributed by atoms with Crippen LogP contribution >= 0.6 is 23.2 Å². The summed E-state index contributed by atoms with van der Waals surface area (Å²) >= 11 is 14.2. The number of carbonyl (C=O) groups is 1. The van der Waals surface area contributed by atoms with Gasteiger partial charge in [0, 0.05) is 60.8 Å². The van der Waals surface area contributed by atoms with Crippen LogP contribution in [0.2, 0.25) is 10.0 Å². The van der Waals surface area contributed by atoms with Crippen molar-refractivity contribution in [2.24, 2.45) is 0 Å². The number of carbonyl (C=O) groups excluding carboxylic acids is 1. The molecule has 4 N–H and O–H groups in total. The monoisotopic (exact) mass is 751 g/mol. The van der Waals surface area contributed by atoms with Gasteiger partial charge < -0.3 is 30.4 Å². The van der Waals surface area contributed by atoms with Crippen LogP contribution in [0, 0.1) is 0 Å². The Morgan fingerprint density at radius 3 is 1.96 bits per heavy atom. The summed E-state index contributed by atoms with van der Waals surface area (Å²) in [5.41, 5.74) is 7.34. The standard InChI is InChI=1S/C39H39Cl2N9O3/c1-52-38-32(19-42-17-7-14-34-47-28-12-3-4-13-29(28)48-34)44-21-30(49-38)26-10-5-8-24(36(26)40)25-9-6-11-27(37(25)41)31-22-45-33(39(50-31)53-2)20-43-18-23-15-16-35(51)46-23/h3-6,8-13,21-23,42-43H,7,14-20H2,1-2H3,(H,46,51)(H,47,48)/t23-/m0/s1. The number of imidazole rings is 1. The van der Waals surface area contributed by atoms with Crippen molar-refractivity contribution < 1.29 is 14.3 Å². The van der Waals surface area contributed by atoms with Crippen LogP contribution in [0.15, 0.2) is 73.1 Å². The molecule has 14 heteroatoms. The molecule has 0 bridgehead atoms. The summed E-state index contributed by atoms with van der Waals surface area (Å²) in [5, 5.41) is 10.7. The lowest BCUT2D eigenvalue weighted by Gasteiger charge is -2.15. The van der Waals surface area contributed by atoms with E-state index in [1.807, 2.05) is 60.7 Å². The van der Waals surface area contributed by atoms with Crippen molar-refractivity contribution in [3.63, 3.8) is 0 Å². The number of fused-ring (bicyclic) bond motifs is 1. The predicted octanol–water partition coefficient (Wildman–Crippen LogP) is 6.56. The normalized spacial score (nSPS) is 14.1. The zero-order chi connectivity index (χ0) is 36.7. The summed E-state index contributed by atoms with van der Waals surface area (Å²) in [6.07, 6.45) is 6.50. The number of hydrogen-bond acceptors (Lipinski definition) is 10. The Labute approximate surface area is 317 Å². The Hall–Kier alpha value is -5.14. The van der Waals surface area contributed by atoms with Crippen molar-refractivity contribution >= 4 is 40.1 Å². The summed E-state index contributed by atoms with van der Waals surface area (Å²) in [6, 6.07) is 19.6. The van der Waals surface area contributed by atoms with Crippen LogP contribution in [0.3, 0.4) is 0 Å². The second-order valence-corrected chi connectivity index (χ2v) is 13.4. The quantitative estimate of drug-likeness (QED) is 0.0850. The molecule has 3 aromatic carbocycles. The highest BCUT2D eigenvalue weighted by Gasteiger charge is 2.22. The molecule has 1 atom stereocenters. The lowest BCUT2D eigenvalue weighted by atomic mass is 9.98. The number of para-hydroxylation sites is 2. The van der Waals surface area contributed by atoms with Gasteiger partial charge in [-0.05, 0) is 31.5 Å². The number of aryl methyl sites for hydroxylation is 1. The Bertz CT molecular complexity index is 2210. The van der Waals surface area contributed by atoms with Gasteiger partial charge in [-0.25, -0.2) is 15.0 Å². The molecule has 6 aromatic rings. The van der Waals surface area contributed by atoms with E-state index in [0.717, 1.165) is 53.8 Å². The molecule has 4 heterocycles. The third-order valence-corrected chi connectivity index (χ3v) is 9.93. The van der Waals surface area contributed by atoms with Crippen LogP contribution in [0.1, 0.15) is 36.5 Å². The van der Waals surface area contributed by atoms with Gasteiger partial charge in [-0.15, -0.1) is 0 Å². The maximum Gasteiger partial charge on any atom is 0.237 e. The molecule has 0 spiro atoms. The first-order valence-electron chi connectivity index (χ1n) is 17.4. The lowest BCUT2D eigenvalue weighted by Crippen LogP contribution is -2.35. The van der Waals surface area contributed by atoms with Gasteiger partial charge in [0.15, 0.2) is 0 Å². The number of halogens is 2. The average Bonchev–Trinajstić information content (AvgIpc) is 3.80. The van der Waals surface area contributed by atoms with E-state index in [1.54, 1.807) is 26.6 Å². The van der Waals surface area contributed by atoms with Gasteiger partial charge >= 0.3 is 0 Å². The molecule has 7 rings (SSSR count). The Morgan fingerprint density at radius 1 is 0.774 bits per heavy atom. The molecule has 0 unspecified atom stereocenters. The molecule has 272 valence electrons. The Kier molecular flexibility index (Phi) is 11.4. The number of amides is 1. The molecule has 0 aliphatic carbocycles. The van der Waals surface area contributed by atoms with Crippen LogP contribution in [0.4, 0.5) is 0 Å². The molecule has 1 saturated heterocycles. The largest absolute Gasteiger partial charge is 0.480 e. The van der Waals surface area contributed by atoms with Crippen molar-refractivity contribution in [2.75, 3.05) is 27.3 Å². The van der Waals surface area contributed by atoms with Crippen LogP contribution < -0.4 is 25.4 Å². The molecule has 0 saturated carbocycles. The molecule has 1 fully saturated rings. The number of H-pyrrole nitrogens is 1. The van der Waals surface area contributed by atoms with E-state index >= 15 is 0 Å². The van der Waals surface area contributed by atoms with Gasteiger partial charge in [-0.3, -0.25) is 14.8 Å².